The number of aromatic nitrogens is 2. The number of aliphatic imine (C=N–C) groups is 2. The van der Waals surface area contributed by atoms with Crippen molar-refractivity contribution in [3.8, 4) is 0 Å². The number of allylic oxidation sites excluding steroid dienone is 1. The minimum absolute atomic E-state index is 0. The number of hydrogen-bond acceptors (Lipinski definition) is 17. The van der Waals surface area contributed by atoms with E-state index in [2.05, 4.69) is 46.4 Å². The zero-order valence-electron chi connectivity index (χ0n) is 46.3. The third-order valence-electron chi connectivity index (χ3n) is 16.7. The molecule has 86 heavy (non-hydrogen) atoms. The van der Waals surface area contributed by atoms with Gasteiger partial charge in [0, 0.05) is 119 Å². The third-order valence-corrected chi connectivity index (χ3v) is 19.5. The van der Waals surface area contributed by atoms with Crippen LogP contribution in [0, 0.1) is 23.5 Å². The molecule has 2 aromatic heterocycles. The number of carbonyl (C=O) groups excluding carboxylic acids is 4. The van der Waals surface area contributed by atoms with Gasteiger partial charge in [-0.2, -0.15) is 0 Å². The Balaban J connectivity index is 0.000000170. The van der Waals surface area contributed by atoms with Crippen molar-refractivity contribution in [1.82, 2.24) is 45.1 Å². The fourth-order valence-electron chi connectivity index (χ4n) is 12.8. The highest BCUT2D eigenvalue weighted by Gasteiger charge is 2.49. The number of fused-ring (bicyclic) bond motifs is 2. The second-order valence-corrected chi connectivity index (χ2v) is 24.8. The van der Waals surface area contributed by atoms with Crippen LogP contribution in [0.5, 0.6) is 0 Å². The van der Waals surface area contributed by atoms with Crippen LogP contribution in [0.15, 0.2) is 92.1 Å². The molecule has 21 nitrogen and oxygen atoms in total. The maximum absolute atomic E-state index is 13.9. The number of esters is 2. The van der Waals surface area contributed by atoms with Gasteiger partial charge in [0.15, 0.2) is 21.7 Å². The smallest absolute Gasteiger partial charge is 0.338 e. The standard InChI is InChI=1S/C28H30ClFN6O5S.C16H12BrClFN3O2S.C13H20N2O3.CH4/c1-41-27(39)22-20(32-24(25-31-7-10-42-25)33-23(22)17-6-5-15(30)11-19(17)29)14-34-8-9-35-16(12-34)13-36(28(35)40)21-4-2-3-18(21)26(37)38;1-24-16(23)12-11(7-17)21-14(15-20-4-5-25-15)22-13(12)9-3-2-8(19)6-10(9)18;16-12(17)10-5-3-6-11(10)15-8-9-4-1-2-7-14(9)13(15)18;/h5-7,10-11,16,18,21,23H,2-4,8-9,12-14H2,1H3,(H,32,33)(H,37,38);2-6,13H,7H2,1H3,(H,21,22);9-11H,1-8H2,(H,16,17);1H4/t16-,18+,21-,23-;13-;9-,10+,11-;/m000./s1. The van der Waals surface area contributed by atoms with Crippen molar-refractivity contribution >= 4 is 109 Å². The molecule has 0 unspecified atom stereocenters. The number of aliphatic carboxylic acids is 2. The third kappa shape index (κ3) is 13.4. The number of nitrogens with one attached hydrogen (secondary N) is 2. The number of carbonyl (C=O) groups is 6. The molecule has 6 fully saturated rings. The van der Waals surface area contributed by atoms with Crippen LogP contribution in [0.4, 0.5) is 18.4 Å². The van der Waals surface area contributed by atoms with E-state index >= 15 is 0 Å². The second-order valence-electron chi connectivity index (χ2n) is 21.6. The fraction of sp³-hybridized carbons (Fsp3) is 0.483. The Hall–Kier alpha value is -6.58. The van der Waals surface area contributed by atoms with Crippen molar-refractivity contribution in [2.24, 2.45) is 21.8 Å². The van der Waals surface area contributed by atoms with Gasteiger partial charge < -0.3 is 49.9 Å². The number of benzene rings is 2. The van der Waals surface area contributed by atoms with Crippen LogP contribution in [0.3, 0.4) is 0 Å². The van der Waals surface area contributed by atoms with Gasteiger partial charge in [-0.25, -0.2) is 37.9 Å². The number of alkyl halides is 1. The first-order chi connectivity index (χ1) is 41.0. The largest absolute Gasteiger partial charge is 0.481 e. The molecule has 460 valence electrons. The number of hydrogen-bond donors (Lipinski definition) is 4. The van der Waals surface area contributed by atoms with Crippen LogP contribution in [0.2, 0.25) is 10.0 Å². The van der Waals surface area contributed by atoms with Crippen molar-refractivity contribution in [2.45, 2.75) is 101 Å². The molecule has 4 amide bonds. The van der Waals surface area contributed by atoms with Crippen molar-refractivity contribution in [2.75, 3.05) is 65.4 Å². The lowest BCUT2D eigenvalue weighted by atomic mass is 9.95. The van der Waals surface area contributed by atoms with Crippen molar-refractivity contribution in [3.63, 3.8) is 0 Å². The van der Waals surface area contributed by atoms with Crippen molar-refractivity contribution < 1.29 is 57.2 Å². The highest BCUT2D eigenvalue weighted by atomic mass is 79.9. The number of piperazine rings is 1. The first-order valence-corrected chi connectivity index (χ1v) is 31.5. The van der Waals surface area contributed by atoms with Gasteiger partial charge >= 0.3 is 35.9 Å². The normalized spacial score (nSPS) is 25.3. The Morgan fingerprint density at radius 3 is 1.59 bits per heavy atom. The summed E-state index contributed by atoms with van der Waals surface area (Å²) < 4.78 is 37.4. The van der Waals surface area contributed by atoms with Crippen molar-refractivity contribution in [3.05, 3.63) is 125 Å². The zero-order chi connectivity index (χ0) is 60.2. The maximum atomic E-state index is 13.9. The number of halogens is 5. The summed E-state index contributed by atoms with van der Waals surface area (Å²) >= 11 is 18.8. The summed E-state index contributed by atoms with van der Waals surface area (Å²) in [6.45, 7) is 3.94. The molecule has 28 heteroatoms. The minimum atomic E-state index is -0.860. The molecule has 2 aromatic carbocycles. The number of piperidine rings is 1. The fourth-order valence-corrected chi connectivity index (χ4v) is 14.9. The molecule has 4 aromatic rings. The summed E-state index contributed by atoms with van der Waals surface area (Å²) in [6.07, 6.45) is 11.2. The Bertz CT molecular complexity index is 3340. The number of thiazole rings is 2. The number of nitrogens with zero attached hydrogens (tertiary/aromatic N) is 9. The molecule has 4 N–H and O–H groups in total. The van der Waals surface area contributed by atoms with Crippen LogP contribution in [0.1, 0.15) is 98.4 Å². The lowest BCUT2D eigenvalue weighted by Crippen LogP contribution is -2.53. The highest BCUT2D eigenvalue weighted by molar-refractivity contribution is 9.09. The zero-order valence-corrected chi connectivity index (χ0v) is 51.0. The van der Waals surface area contributed by atoms with E-state index in [0.29, 0.717) is 113 Å². The lowest BCUT2D eigenvalue weighted by Gasteiger charge is -2.38. The van der Waals surface area contributed by atoms with Crippen molar-refractivity contribution in [1.29, 1.82) is 0 Å². The molecule has 8 aliphatic rings. The van der Waals surface area contributed by atoms with Gasteiger partial charge in [0.2, 0.25) is 0 Å². The maximum Gasteiger partial charge on any atom is 0.338 e. The summed E-state index contributed by atoms with van der Waals surface area (Å²) in [7, 11) is 2.59. The molecule has 8 atom stereocenters. The van der Waals surface area contributed by atoms with Gasteiger partial charge in [0.25, 0.3) is 0 Å². The van der Waals surface area contributed by atoms with E-state index < -0.39 is 53.5 Å². The number of carboxylic acids is 2. The number of ether oxygens (including phenoxy) is 2. The topological polar surface area (TPSA) is 252 Å². The SMILES string of the molecule is C.COC(=O)C1=C(CBr)NC(c2nccs2)=N[C@H]1c1ccc(F)cc1Cl.COC(=O)C1=C(CN2CCN3C(=O)N([C@H]4CCC[C@H]4C(=O)O)C[C@@H]3C2)NC(c2nccs2)=N[C@H]1c1ccc(F)cc1Cl.O=C(O)[C@@H]1CCC[C@@H]1N1C[C@@H]2CCCCN2C1=O. The van der Waals surface area contributed by atoms with Crippen LogP contribution in [-0.2, 0) is 28.7 Å². The van der Waals surface area contributed by atoms with Crippen LogP contribution in [0.25, 0.3) is 0 Å². The summed E-state index contributed by atoms with van der Waals surface area (Å²) in [5, 5.41) is 31.0. The highest BCUT2D eigenvalue weighted by Crippen LogP contribution is 2.41. The van der Waals surface area contributed by atoms with Crippen LogP contribution in [-0.4, -0.2) is 182 Å². The summed E-state index contributed by atoms with van der Waals surface area (Å²) in [6, 6.07) is 6.23. The Morgan fingerprint density at radius 1 is 0.651 bits per heavy atom. The number of rotatable bonds is 13. The minimum Gasteiger partial charge on any atom is -0.481 e. The summed E-state index contributed by atoms with van der Waals surface area (Å²) in [5.74, 6) is -3.60. The molecule has 6 aliphatic heterocycles. The van der Waals surface area contributed by atoms with E-state index in [1.807, 2.05) is 25.5 Å². The number of amidine groups is 2. The lowest BCUT2D eigenvalue weighted by molar-refractivity contribution is -0.144. The van der Waals surface area contributed by atoms with Gasteiger partial charge in [-0.3, -0.25) is 24.5 Å². The molecule has 0 bridgehead atoms. The number of methoxy groups -OCH3 is 2. The number of amides is 4. The van der Waals surface area contributed by atoms with Gasteiger partial charge in [0.05, 0.1) is 49.3 Å². The van der Waals surface area contributed by atoms with Gasteiger partial charge in [-0.15, -0.1) is 22.7 Å². The first kappa shape index (κ1) is 63.9. The first-order valence-electron chi connectivity index (χ1n) is 27.9. The van der Waals surface area contributed by atoms with E-state index in [9.17, 15) is 47.8 Å². The second kappa shape index (κ2) is 28.1. The molecular weight excluding hydrogens is 1260 g/mol. The predicted molar refractivity (Wildman–Crippen MR) is 323 cm³/mol. The van der Waals surface area contributed by atoms with Gasteiger partial charge in [0.1, 0.15) is 23.7 Å². The van der Waals surface area contributed by atoms with Crippen LogP contribution < -0.4 is 10.6 Å². The van der Waals surface area contributed by atoms with Gasteiger partial charge in [-0.05, 0) is 69.2 Å². The predicted octanol–water partition coefficient (Wildman–Crippen LogP) is 9.14. The van der Waals surface area contributed by atoms with E-state index in [0.717, 1.165) is 45.2 Å². The Kier molecular flexibility index (Phi) is 20.9. The molecule has 0 spiro atoms. The number of urea groups is 2. The Morgan fingerprint density at radius 2 is 1.14 bits per heavy atom. The Labute approximate surface area is 522 Å². The quantitative estimate of drug-likeness (QED) is 0.0719. The van der Waals surface area contributed by atoms with Gasteiger partial charge in [-0.1, -0.05) is 71.5 Å². The van der Waals surface area contributed by atoms with E-state index in [1.165, 1.54) is 79.7 Å². The molecule has 2 aliphatic carbocycles. The summed E-state index contributed by atoms with van der Waals surface area (Å²) in [4.78, 5) is 102. The average molecular weight is 1330 g/mol. The van der Waals surface area contributed by atoms with E-state index in [4.69, 9.17) is 37.7 Å². The molecule has 8 heterocycles. The molecule has 2 saturated carbocycles. The van der Waals surface area contributed by atoms with E-state index in [1.54, 1.807) is 17.3 Å². The molecule has 0 radical (unpaired) electrons. The average Bonchev–Trinajstić information content (AvgIpc) is 1.97. The summed E-state index contributed by atoms with van der Waals surface area (Å²) in [5.41, 5.74) is 2.69. The molecule has 4 saturated heterocycles. The monoisotopic (exact) mass is 1330 g/mol. The van der Waals surface area contributed by atoms with E-state index in [-0.39, 0.29) is 59.2 Å². The molecule has 12 rings (SSSR count). The van der Waals surface area contributed by atoms with Crippen LogP contribution >= 0.6 is 61.8 Å². The molecular formula is C58H66BrCl2F2N11O10S2. The number of carboxylic acid groups (broad SMARTS) is 2.